The second-order valence-corrected chi connectivity index (χ2v) is 7.59. The normalized spacial score (nSPS) is 11.5. The summed E-state index contributed by atoms with van der Waals surface area (Å²) in [4.78, 5) is 9.82. The lowest BCUT2D eigenvalue weighted by Gasteiger charge is -2.09. The zero-order valence-corrected chi connectivity index (χ0v) is 15.8. The Morgan fingerprint density at radius 2 is 1.89 bits per heavy atom. The third kappa shape index (κ3) is 2.78. The minimum absolute atomic E-state index is 0.265. The molecule has 6 heteroatoms. The van der Waals surface area contributed by atoms with Crippen molar-refractivity contribution in [1.29, 1.82) is 0 Å². The molecule has 0 spiro atoms. The van der Waals surface area contributed by atoms with Crippen molar-refractivity contribution >= 4 is 33.3 Å². The van der Waals surface area contributed by atoms with Gasteiger partial charge in [-0.15, -0.1) is 11.3 Å². The number of hydrogen-bond acceptors (Lipinski definition) is 4. The van der Waals surface area contributed by atoms with Gasteiger partial charge >= 0.3 is 0 Å². The van der Waals surface area contributed by atoms with Crippen LogP contribution in [0.3, 0.4) is 0 Å². The first-order valence-corrected chi connectivity index (χ1v) is 9.91. The molecule has 5 aromatic rings. The molecule has 0 bridgehead atoms. The lowest BCUT2D eigenvalue weighted by Crippen LogP contribution is -2.02. The van der Waals surface area contributed by atoms with Crippen LogP contribution in [0, 0.1) is 5.82 Å². The summed E-state index contributed by atoms with van der Waals surface area (Å²) < 4.78 is 16.7. The third-order valence-electron chi connectivity index (χ3n) is 4.90. The summed E-state index contributed by atoms with van der Waals surface area (Å²) >= 11 is 1.52. The predicted molar refractivity (Wildman–Crippen MR) is 112 cm³/mol. The second kappa shape index (κ2) is 6.82. The van der Waals surface area contributed by atoms with Gasteiger partial charge in [-0.05, 0) is 48.2 Å². The van der Waals surface area contributed by atoms with Crippen LogP contribution in [0.5, 0.6) is 0 Å². The molecule has 0 unspecified atom stereocenters. The van der Waals surface area contributed by atoms with Crippen LogP contribution in [0.2, 0.25) is 0 Å². The monoisotopic (exact) mass is 388 g/mol. The van der Waals surface area contributed by atoms with Crippen molar-refractivity contribution in [3.63, 3.8) is 0 Å². The Bertz CT molecular complexity index is 1270. The maximum atomic E-state index is 14.7. The molecule has 3 aromatic heterocycles. The molecule has 28 heavy (non-hydrogen) atoms. The minimum atomic E-state index is -0.265. The van der Waals surface area contributed by atoms with Gasteiger partial charge in [0, 0.05) is 27.6 Å². The van der Waals surface area contributed by atoms with E-state index in [1.165, 1.54) is 23.0 Å². The first kappa shape index (κ1) is 17.0. The lowest BCUT2D eigenvalue weighted by molar-refractivity contribution is 0.633. The molecule has 0 amide bonds. The van der Waals surface area contributed by atoms with Crippen LogP contribution < -0.4 is 5.73 Å². The maximum absolute atomic E-state index is 14.7. The minimum Gasteiger partial charge on any atom is -0.330 e. The first-order valence-electron chi connectivity index (χ1n) is 9.03. The van der Waals surface area contributed by atoms with E-state index in [-0.39, 0.29) is 5.82 Å². The van der Waals surface area contributed by atoms with Gasteiger partial charge in [-0.25, -0.2) is 9.37 Å². The molecule has 2 aromatic carbocycles. The fourth-order valence-electron chi connectivity index (χ4n) is 3.52. The predicted octanol–water partition coefficient (Wildman–Crippen LogP) is 4.94. The molecule has 4 nitrogen and oxygen atoms in total. The van der Waals surface area contributed by atoms with Crippen molar-refractivity contribution in [2.24, 2.45) is 5.73 Å². The van der Waals surface area contributed by atoms with Crippen molar-refractivity contribution in [1.82, 2.24) is 14.5 Å². The zero-order valence-electron chi connectivity index (χ0n) is 15.0. The van der Waals surface area contributed by atoms with E-state index in [4.69, 9.17) is 5.73 Å². The van der Waals surface area contributed by atoms with Gasteiger partial charge in [0.15, 0.2) is 0 Å². The number of rotatable bonds is 4. The van der Waals surface area contributed by atoms with Gasteiger partial charge < -0.3 is 5.73 Å². The van der Waals surface area contributed by atoms with Gasteiger partial charge in [0.1, 0.15) is 17.7 Å². The van der Waals surface area contributed by atoms with Crippen molar-refractivity contribution in [2.45, 2.75) is 6.42 Å². The molecule has 0 saturated heterocycles. The van der Waals surface area contributed by atoms with Crippen molar-refractivity contribution < 1.29 is 4.39 Å². The Morgan fingerprint density at radius 3 is 2.64 bits per heavy atom. The van der Waals surface area contributed by atoms with Crippen molar-refractivity contribution in [3.05, 3.63) is 77.8 Å². The average molecular weight is 388 g/mol. The summed E-state index contributed by atoms with van der Waals surface area (Å²) in [6.45, 7) is 0.626. The highest BCUT2D eigenvalue weighted by atomic mass is 32.1. The van der Waals surface area contributed by atoms with Crippen molar-refractivity contribution in [2.75, 3.05) is 6.54 Å². The Balaban J connectivity index is 1.75. The molecule has 0 radical (unpaired) electrons. The van der Waals surface area contributed by atoms with E-state index in [9.17, 15) is 4.39 Å². The molecule has 0 fully saturated rings. The first-order chi connectivity index (χ1) is 13.7. The number of hydrogen-bond donors (Lipinski definition) is 1. The van der Waals surface area contributed by atoms with Gasteiger partial charge in [0.05, 0.1) is 17.2 Å². The average Bonchev–Trinajstić information content (AvgIpc) is 3.38. The maximum Gasteiger partial charge on any atom is 0.134 e. The molecule has 0 aliphatic carbocycles. The van der Waals surface area contributed by atoms with Crippen LogP contribution in [-0.2, 0) is 6.42 Å². The van der Waals surface area contributed by atoms with E-state index >= 15 is 0 Å². The number of fused-ring (bicyclic) bond motifs is 3. The molecular formula is C22H17FN4S. The van der Waals surface area contributed by atoms with E-state index in [1.54, 1.807) is 12.5 Å². The van der Waals surface area contributed by atoms with Crippen molar-refractivity contribution in [3.8, 4) is 16.1 Å². The smallest absolute Gasteiger partial charge is 0.134 e. The molecule has 0 aliphatic rings. The molecule has 3 heterocycles. The fraction of sp³-hybridized carbons (Fsp3) is 0.0909. The summed E-state index contributed by atoms with van der Waals surface area (Å²) in [5, 5.41) is 2.83. The van der Waals surface area contributed by atoms with E-state index in [2.05, 4.69) is 34.2 Å². The van der Waals surface area contributed by atoms with Crippen LogP contribution in [-0.4, -0.2) is 21.1 Å². The molecule has 0 atom stereocenters. The Morgan fingerprint density at radius 1 is 1.04 bits per heavy atom. The van der Waals surface area contributed by atoms with E-state index in [0.29, 0.717) is 17.6 Å². The van der Waals surface area contributed by atoms with E-state index < -0.39 is 0 Å². The molecule has 5 rings (SSSR count). The molecular weight excluding hydrogens is 371 g/mol. The van der Waals surface area contributed by atoms with Crippen LogP contribution in [0.4, 0.5) is 4.39 Å². The third-order valence-corrected chi connectivity index (χ3v) is 5.80. The van der Waals surface area contributed by atoms with Crippen LogP contribution in [0.1, 0.15) is 5.56 Å². The topological polar surface area (TPSA) is 56.7 Å². The van der Waals surface area contributed by atoms with Gasteiger partial charge in [-0.1, -0.05) is 18.2 Å². The number of nitrogens with two attached hydrogens (primary N) is 1. The van der Waals surface area contributed by atoms with E-state index in [1.807, 2.05) is 28.1 Å². The Hall–Kier alpha value is -3.09. The number of imidazole rings is 1. The summed E-state index contributed by atoms with van der Waals surface area (Å²) in [5.74, 6) is -0.265. The highest BCUT2D eigenvalue weighted by Gasteiger charge is 2.14. The second-order valence-electron chi connectivity index (χ2n) is 6.64. The molecule has 0 aliphatic heterocycles. The van der Waals surface area contributed by atoms with Crippen LogP contribution in [0.15, 0.2) is 66.4 Å². The fourth-order valence-corrected chi connectivity index (χ4v) is 4.26. The standard InChI is InChI=1S/C22H17FN4S/c23-18-11-19-17(10-16(18)21-2-1-9-28-21)22-20(12-25-19)26-13-27(22)15-5-3-14(4-6-15)7-8-24/h1-6,9-13H,7-8,24H2. The highest BCUT2D eigenvalue weighted by Crippen LogP contribution is 2.33. The summed E-state index contributed by atoms with van der Waals surface area (Å²) in [7, 11) is 0. The van der Waals surface area contributed by atoms with Gasteiger partial charge in [0.2, 0.25) is 0 Å². The number of pyridine rings is 1. The summed E-state index contributed by atoms with van der Waals surface area (Å²) in [6.07, 6.45) is 4.33. The van der Waals surface area contributed by atoms with Gasteiger partial charge in [-0.2, -0.15) is 0 Å². The van der Waals surface area contributed by atoms with Gasteiger partial charge in [0.25, 0.3) is 0 Å². The highest BCUT2D eigenvalue weighted by molar-refractivity contribution is 7.13. The number of benzene rings is 2. The molecule has 138 valence electrons. The largest absolute Gasteiger partial charge is 0.330 e. The number of halogens is 1. The summed E-state index contributed by atoms with van der Waals surface area (Å²) in [6, 6.07) is 15.5. The van der Waals surface area contributed by atoms with E-state index in [0.717, 1.165) is 33.4 Å². The summed E-state index contributed by atoms with van der Waals surface area (Å²) in [5.41, 5.74) is 10.7. The Labute approximate surface area is 165 Å². The molecule has 2 N–H and O–H groups in total. The zero-order chi connectivity index (χ0) is 19.1. The van der Waals surface area contributed by atoms with Crippen LogP contribution in [0.25, 0.3) is 38.1 Å². The lowest BCUT2D eigenvalue weighted by atomic mass is 10.1. The number of nitrogens with zero attached hydrogens (tertiary/aromatic N) is 3. The SMILES string of the molecule is NCCc1ccc(-n2cnc3cnc4cc(F)c(-c5cccs5)cc4c32)cc1. The molecule has 0 saturated carbocycles. The number of thiophene rings is 1. The van der Waals surface area contributed by atoms with Crippen LogP contribution >= 0.6 is 11.3 Å². The quantitative estimate of drug-likeness (QED) is 0.474. The number of aromatic nitrogens is 3. The van der Waals surface area contributed by atoms with Gasteiger partial charge in [-0.3, -0.25) is 9.55 Å². The Kier molecular flexibility index (Phi) is 4.15.